The molecule has 1 aliphatic heterocycles. The van der Waals surface area contributed by atoms with Crippen molar-refractivity contribution in [1.29, 1.82) is 0 Å². The van der Waals surface area contributed by atoms with E-state index in [1.165, 1.54) is 25.8 Å². The molecule has 2 N–H and O–H groups in total. The van der Waals surface area contributed by atoms with Gasteiger partial charge >= 0.3 is 0 Å². The molecule has 1 aliphatic rings. The summed E-state index contributed by atoms with van der Waals surface area (Å²) >= 11 is 0. The number of likely N-dealkylation sites (tertiary alicyclic amines) is 1. The van der Waals surface area contributed by atoms with Gasteiger partial charge in [0.15, 0.2) is 5.96 Å². The van der Waals surface area contributed by atoms with Crippen LogP contribution < -0.4 is 10.6 Å². The van der Waals surface area contributed by atoms with Crippen LogP contribution in [0.2, 0.25) is 0 Å². The maximum atomic E-state index is 5.03. The van der Waals surface area contributed by atoms with E-state index < -0.39 is 0 Å². The summed E-state index contributed by atoms with van der Waals surface area (Å²) in [6.45, 7) is 9.93. The summed E-state index contributed by atoms with van der Waals surface area (Å²) in [5.74, 6) is 0.893. The molecule has 0 aliphatic carbocycles. The van der Waals surface area contributed by atoms with E-state index in [2.05, 4.69) is 34.4 Å². The summed E-state index contributed by atoms with van der Waals surface area (Å²) in [6.07, 6.45) is 4.04. The fraction of sp³-hybridized carbons (Fsp3) is 0.929. The zero-order chi connectivity index (χ0) is 13.9. The van der Waals surface area contributed by atoms with Crippen LogP contribution in [0.3, 0.4) is 0 Å². The number of ether oxygens (including phenoxy) is 1. The fourth-order valence-electron chi connectivity index (χ4n) is 2.39. The molecule has 1 atom stereocenters. The van der Waals surface area contributed by atoms with E-state index in [-0.39, 0.29) is 0 Å². The Labute approximate surface area is 117 Å². The van der Waals surface area contributed by atoms with Gasteiger partial charge in [-0.3, -0.25) is 9.89 Å². The monoisotopic (exact) mass is 270 g/mol. The van der Waals surface area contributed by atoms with Crippen LogP contribution in [0.15, 0.2) is 4.99 Å². The van der Waals surface area contributed by atoms with Crippen molar-refractivity contribution in [2.45, 2.75) is 39.2 Å². The van der Waals surface area contributed by atoms with Gasteiger partial charge in [-0.1, -0.05) is 6.42 Å². The minimum atomic E-state index is 0.702. The Morgan fingerprint density at radius 2 is 2.21 bits per heavy atom. The molecule has 19 heavy (non-hydrogen) atoms. The van der Waals surface area contributed by atoms with Gasteiger partial charge in [0.2, 0.25) is 0 Å². The van der Waals surface area contributed by atoms with Gasteiger partial charge in [-0.25, -0.2) is 0 Å². The molecule has 1 heterocycles. The molecular formula is C14H30N4O. The van der Waals surface area contributed by atoms with Gasteiger partial charge in [0.1, 0.15) is 0 Å². The molecule has 5 heteroatoms. The number of methoxy groups -OCH3 is 1. The molecule has 112 valence electrons. The number of nitrogens with zero attached hydrogens (tertiary/aromatic N) is 2. The second-order valence-electron chi connectivity index (χ2n) is 5.06. The number of hydrogen-bond donors (Lipinski definition) is 2. The average Bonchev–Trinajstić information content (AvgIpc) is 2.41. The standard InChI is InChI=1S/C14H30N4O/c1-4-15-14(17-9-12-19-3)16-8-11-18-10-6-5-7-13(18)2/h13H,4-12H2,1-3H3,(H2,15,16,17). The predicted molar refractivity (Wildman–Crippen MR) is 80.7 cm³/mol. The lowest BCUT2D eigenvalue weighted by molar-refractivity contribution is 0.165. The summed E-state index contributed by atoms with van der Waals surface area (Å²) in [4.78, 5) is 7.16. The molecule has 0 aromatic rings. The first-order chi connectivity index (χ1) is 9.27. The molecule has 0 radical (unpaired) electrons. The lowest BCUT2D eigenvalue weighted by Crippen LogP contribution is -2.41. The van der Waals surface area contributed by atoms with Crippen LogP contribution in [-0.2, 0) is 4.74 Å². The van der Waals surface area contributed by atoms with Crippen molar-refractivity contribution in [1.82, 2.24) is 15.5 Å². The Morgan fingerprint density at radius 1 is 1.37 bits per heavy atom. The third-order valence-electron chi connectivity index (χ3n) is 3.54. The molecule has 5 nitrogen and oxygen atoms in total. The van der Waals surface area contributed by atoms with Gasteiger partial charge in [-0.2, -0.15) is 0 Å². The lowest BCUT2D eigenvalue weighted by Gasteiger charge is -2.32. The Balaban J connectivity index is 2.28. The number of rotatable bonds is 7. The van der Waals surface area contributed by atoms with Gasteiger partial charge in [0.25, 0.3) is 0 Å². The van der Waals surface area contributed by atoms with Crippen LogP contribution in [0.5, 0.6) is 0 Å². The zero-order valence-electron chi connectivity index (χ0n) is 12.7. The molecule has 0 bridgehead atoms. The summed E-state index contributed by atoms with van der Waals surface area (Å²) < 4.78 is 5.03. The van der Waals surface area contributed by atoms with Gasteiger partial charge in [0, 0.05) is 32.8 Å². The second-order valence-corrected chi connectivity index (χ2v) is 5.06. The highest BCUT2D eigenvalue weighted by Crippen LogP contribution is 2.15. The van der Waals surface area contributed by atoms with Gasteiger partial charge in [-0.05, 0) is 33.2 Å². The molecule has 1 saturated heterocycles. The number of hydrogen-bond acceptors (Lipinski definition) is 3. The Kier molecular flexibility index (Phi) is 8.58. The van der Waals surface area contributed by atoms with E-state index >= 15 is 0 Å². The molecule has 1 rings (SSSR count). The maximum absolute atomic E-state index is 5.03. The van der Waals surface area contributed by atoms with E-state index in [9.17, 15) is 0 Å². The fourth-order valence-corrected chi connectivity index (χ4v) is 2.39. The van der Waals surface area contributed by atoms with Crippen LogP contribution in [0.4, 0.5) is 0 Å². The summed E-state index contributed by atoms with van der Waals surface area (Å²) in [5.41, 5.74) is 0. The van der Waals surface area contributed by atoms with E-state index in [1.54, 1.807) is 7.11 Å². The van der Waals surface area contributed by atoms with E-state index in [0.29, 0.717) is 12.6 Å². The summed E-state index contributed by atoms with van der Waals surface area (Å²) in [7, 11) is 1.71. The normalized spacial score (nSPS) is 21.4. The summed E-state index contributed by atoms with van der Waals surface area (Å²) in [5, 5.41) is 6.52. The van der Waals surface area contributed by atoms with Gasteiger partial charge < -0.3 is 15.4 Å². The molecule has 0 aromatic carbocycles. The second kappa shape index (κ2) is 10.0. The molecule has 0 amide bonds. The number of piperidine rings is 1. The Hall–Kier alpha value is -0.810. The molecule has 1 unspecified atom stereocenters. The molecule has 0 saturated carbocycles. The maximum Gasteiger partial charge on any atom is 0.191 e. The van der Waals surface area contributed by atoms with E-state index in [4.69, 9.17) is 4.74 Å². The summed E-state index contributed by atoms with van der Waals surface area (Å²) in [6, 6.07) is 0.716. The van der Waals surface area contributed by atoms with Crippen molar-refractivity contribution < 1.29 is 4.74 Å². The molecular weight excluding hydrogens is 240 g/mol. The predicted octanol–water partition coefficient (Wildman–Crippen LogP) is 1.06. The first kappa shape index (κ1) is 16.2. The van der Waals surface area contributed by atoms with E-state index in [1.807, 2.05) is 0 Å². The average molecular weight is 270 g/mol. The van der Waals surface area contributed by atoms with Crippen molar-refractivity contribution in [3.05, 3.63) is 0 Å². The Morgan fingerprint density at radius 3 is 2.89 bits per heavy atom. The van der Waals surface area contributed by atoms with Crippen molar-refractivity contribution in [2.24, 2.45) is 4.99 Å². The highest BCUT2D eigenvalue weighted by atomic mass is 16.5. The van der Waals surface area contributed by atoms with Crippen molar-refractivity contribution in [2.75, 3.05) is 46.4 Å². The topological polar surface area (TPSA) is 48.9 Å². The highest BCUT2D eigenvalue weighted by molar-refractivity contribution is 5.79. The van der Waals surface area contributed by atoms with Crippen LogP contribution in [0, 0.1) is 0 Å². The third-order valence-corrected chi connectivity index (χ3v) is 3.54. The first-order valence-electron chi connectivity index (χ1n) is 7.53. The number of nitrogens with one attached hydrogen (secondary N) is 2. The van der Waals surface area contributed by atoms with Crippen molar-refractivity contribution in [3.63, 3.8) is 0 Å². The third kappa shape index (κ3) is 6.78. The molecule has 0 spiro atoms. The van der Waals surface area contributed by atoms with Crippen LogP contribution >= 0.6 is 0 Å². The smallest absolute Gasteiger partial charge is 0.191 e. The van der Waals surface area contributed by atoms with Crippen LogP contribution in [-0.4, -0.2) is 63.3 Å². The lowest BCUT2D eigenvalue weighted by atomic mass is 10.0. The number of aliphatic imine (C=N–C) groups is 1. The van der Waals surface area contributed by atoms with Gasteiger partial charge in [-0.15, -0.1) is 0 Å². The largest absolute Gasteiger partial charge is 0.383 e. The van der Waals surface area contributed by atoms with Crippen molar-refractivity contribution >= 4 is 5.96 Å². The van der Waals surface area contributed by atoms with E-state index in [0.717, 1.165) is 32.1 Å². The molecule has 0 aromatic heterocycles. The highest BCUT2D eigenvalue weighted by Gasteiger charge is 2.17. The quantitative estimate of drug-likeness (QED) is 0.413. The van der Waals surface area contributed by atoms with Crippen molar-refractivity contribution in [3.8, 4) is 0 Å². The van der Waals surface area contributed by atoms with Crippen LogP contribution in [0.25, 0.3) is 0 Å². The van der Waals surface area contributed by atoms with Gasteiger partial charge in [0.05, 0.1) is 13.2 Å². The minimum Gasteiger partial charge on any atom is -0.383 e. The Bertz CT molecular complexity index is 258. The SMILES string of the molecule is CCNC(=NCCN1CCCCC1C)NCCOC. The first-order valence-corrected chi connectivity index (χ1v) is 7.53. The minimum absolute atomic E-state index is 0.702. The van der Waals surface area contributed by atoms with Crippen LogP contribution in [0.1, 0.15) is 33.1 Å². The molecule has 1 fully saturated rings. The zero-order valence-corrected chi connectivity index (χ0v) is 12.7. The number of guanidine groups is 1.